The number of allylic oxidation sites excluding steroid dienone is 1. The van der Waals surface area contributed by atoms with E-state index in [1.807, 2.05) is 43.3 Å². The molecule has 0 nitrogen and oxygen atoms in total. The second-order valence-electron chi connectivity index (χ2n) is 4.52. The maximum Gasteiger partial charge on any atom is -0.0183 e. The van der Waals surface area contributed by atoms with Gasteiger partial charge in [-0.2, -0.15) is 0 Å². The van der Waals surface area contributed by atoms with Crippen LogP contribution in [0.3, 0.4) is 0 Å². The van der Waals surface area contributed by atoms with E-state index in [-0.39, 0.29) is 0 Å². The monoisotopic (exact) mass is 250 g/mol. The molecule has 98 valence electrons. The standard InChI is InChI=1S/C14H12.C5H10/c1-12(13-8-4-2-5-9-13)14-10-6-3-7-11-14;1-4-5(2)3/h2-11H,1H2;2,4H2,1,3H3. The van der Waals surface area contributed by atoms with Gasteiger partial charge < -0.3 is 0 Å². The van der Waals surface area contributed by atoms with Crippen LogP contribution in [0.25, 0.3) is 5.57 Å². The summed E-state index contributed by atoms with van der Waals surface area (Å²) in [5, 5.41) is 0. The second-order valence-corrected chi connectivity index (χ2v) is 4.52. The highest BCUT2D eigenvalue weighted by Crippen LogP contribution is 2.20. The van der Waals surface area contributed by atoms with E-state index >= 15 is 0 Å². The Morgan fingerprint density at radius 2 is 1.11 bits per heavy atom. The Morgan fingerprint density at radius 1 is 0.789 bits per heavy atom. The Bertz CT molecular complexity index is 465. The smallest absolute Gasteiger partial charge is 0.0183 e. The molecule has 0 heteroatoms. The summed E-state index contributed by atoms with van der Waals surface area (Å²) >= 11 is 0. The van der Waals surface area contributed by atoms with Gasteiger partial charge in [-0.25, -0.2) is 0 Å². The minimum absolute atomic E-state index is 1.08. The summed E-state index contributed by atoms with van der Waals surface area (Å²) in [4.78, 5) is 0. The molecular formula is C19H22. The van der Waals surface area contributed by atoms with Crippen LogP contribution in [-0.2, 0) is 0 Å². The Labute approximate surface area is 117 Å². The number of hydrogen-bond acceptors (Lipinski definition) is 0. The lowest BCUT2D eigenvalue weighted by atomic mass is 10.0. The van der Waals surface area contributed by atoms with E-state index < -0.39 is 0 Å². The first-order valence-corrected chi connectivity index (χ1v) is 6.59. The molecule has 0 aliphatic rings. The van der Waals surface area contributed by atoms with Crippen molar-refractivity contribution < 1.29 is 0 Å². The molecule has 2 aromatic rings. The summed E-state index contributed by atoms with van der Waals surface area (Å²) < 4.78 is 0. The molecule has 0 aromatic heterocycles. The summed E-state index contributed by atoms with van der Waals surface area (Å²) in [5.41, 5.74) is 4.69. The summed E-state index contributed by atoms with van der Waals surface area (Å²) in [6.07, 6.45) is 1.11. The van der Waals surface area contributed by atoms with E-state index in [0.29, 0.717) is 0 Å². The predicted molar refractivity (Wildman–Crippen MR) is 86.1 cm³/mol. The molecule has 2 aromatic carbocycles. The van der Waals surface area contributed by atoms with Crippen molar-refractivity contribution in [3.63, 3.8) is 0 Å². The van der Waals surface area contributed by atoms with Crippen LogP contribution >= 0.6 is 0 Å². The molecule has 0 saturated heterocycles. The van der Waals surface area contributed by atoms with Gasteiger partial charge in [0.15, 0.2) is 0 Å². The van der Waals surface area contributed by atoms with Crippen molar-refractivity contribution >= 4 is 5.57 Å². The van der Waals surface area contributed by atoms with Crippen molar-refractivity contribution in [1.82, 2.24) is 0 Å². The van der Waals surface area contributed by atoms with E-state index in [4.69, 9.17) is 0 Å². The van der Waals surface area contributed by atoms with Crippen LogP contribution in [0.2, 0.25) is 0 Å². The van der Waals surface area contributed by atoms with Gasteiger partial charge in [0.2, 0.25) is 0 Å². The van der Waals surface area contributed by atoms with Crippen molar-refractivity contribution in [2.75, 3.05) is 0 Å². The zero-order chi connectivity index (χ0) is 14.1. The first-order valence-electron chi connectivity index (χ1n) is 6.59. The zero-order valence-corrected chi connectivity index (χ0v) is 11.9. The molecule has 0 N–H and O–H groups in total. The third kappa shape index (κ3) is 5.39. The molecule has 0 aliphatic heterocycles. The van der Waals surface area contributed by atoms with Gasteiger partial charge in [0.05, 0.1) is 0 Å². The fraction of sp³-hybridized carbons (Fsp3) is 0.158. The fourth-order valence-electron chi connectivity index (χ4n) is 1.45. The van der Waals surface area contributed by atoms with Crippen LogP contribution in [0.15, 0.2) is 79.4 Å². The molecule has 0 aliphatic carbocycles. The number of hydrogen-bond donors (Lipinski definition) is 0. The van der Waals surface area contributed by atoms with Crippen molar-refractivity contribution in [1.29, 1.82) is 0 Å². The average molecular weight is 250 g/mol. The predicted octanol–water partition coefficient (Wildman–Crippen LogP) is 5.72. The summed E-state index contributed by atoms with van der Waals surface area (Å²) in [6.45, 7) is 11.9. The van der Waals surface area contributed by atoms with Gasteiger partial charge in [-0.1, -0.05) is 79.7 Å². The van der Waals surface area contributed by atoms with E-state index in [1.165, 1.54) is 16.7 Å². The molecule has 0 radical (unpaired) electrons. The first-order chi connectivity index (χ1) is 9.15. The average Bonchev–Trinajstić information content (AvgIpc) is 2.49. The molecule has 19 heavy (non-hydrogen) atoms. The largest absolute Gasteiger partial charge is 0.100 e. The topological polar surface area (TPSA) is 0 Å². The third-order valence-corrected chi connectivity index (χ3v) is 2.85. The van der Waals surface area contributed by atoms with Gasteiger partial charge in [0.25, 0.3) is 0 Å². The number of benzene rings is 2. The Hall–Kier alpha value is -2.08. The Balaban J connectivity index is 0.000000312. The van der Waals surface area contributed by atoms with Crippen molar-refractivity contribution in [3.05, 3.63) is 90.5 Å². The van der Waals surface area contributed by atoms with E-state index in [1.54, 1.807) is 0 Å². The molecule has 2 rings (SSSR count). The number of rotatable bonds is 3. The molecule has 0 unspecified atom stereocenters. The lowest BCUT2D eigenvalue weighted by Gasteiger charge is -2.04. The quantitative estimate of drug-likeness (QED) is 0.611. The van der Waals surface area contributed by atoms with E-state index in [2.05, 4.69) is 44.3 Å². The van der Waals surface area contributed by atoms with Gasteiger partial charge in [0.1, 0.15) is 0 Å². The third-order valence-electron chi connectivity index (χ3n) is 2.85. The van der Waals surface area contributed by atoms with Gasteiger partial charge in [-0.05, 0) is 30.0 Å². The van der Waals surface area contributed by atoms with Crippen molar-refractivity contribution in [3.8, 4) is 0 Å². The van der Waals surface area contributed by atoms with Crippen LogP contribution in [0.1, 0.15) is 31.4 Å². The van der Waals surface area contributed by atoms with E-state index in [0.717, 1.165) is 12.0 Å². The van der Waals surface area contributed by atoms with Gasteiger partial charge in [-0.3, -0.25) is 0 Å². The molecule has 0 atom stereocenters. The zero-order valence-electron chi connectivity index (χ0n) is 11.9. The van der Waals surface area contributed by atoms with Crippen LogP contribution in [0.5, 0.6) is 0 Å². The van der Waals surface area contributed by atoms with Crippen molar-refractivity contribution in [2.45, 2.75) is 20.3 Å². The SMILES string of the molecule is C=C(C)CC.C=C(c1ccccc1)c1ccccc1. The Morgan fingerprint density at radius 3 is 1.37 bits per heavy atom. The molecule has 0 saturated carbocycles. The van der Waals surface area contributed by atoms with Gasteiger partial charge in [-0.15, -0.1) is 6.58 Å². The molecule has 0 spiro atoms. The fourth-order valence-corrected chi connectivity index (χ4v) is 1.45. The van der Waals surface area contributed by atoms with Crippen LogP contribution in [-0.4, -0.2) is 0 Å². The van der Waals surface area contributed by atoms with Crippen molar-refractivity contribution in [2.24, 2.45) is 0 Å². The normalized spacial score (nSPS) is 9.16. The highest BCUT2D eigenvalue weighted by atomic mass is 14.0. The second kappa shape index (κ2) is 8.10. The Kier molecular flexibility index (Phi) is 6.38. The summed E-state index contributed by atoms with van der Waals surface area (Å²) in [7, 11) is 0. The first kappa shape index (κ1) is 15.0. The molecular weight excluding hydrogens is 228 g/mol. The maximum absolute atomic E-state index is 4.10. The summed E-state index contributed by atoms with van der Waals surface area (Å²) in [5.74, 6) is 0. The highest BCUT2D eigenvalue weighted by molar-refractivity contribution is 5.77. The van der Waals surface area contributed by atoms with Crippen LogP contribution in [0, 0.1) is 0 Å². The van der Waals surface area contributed by atoms with Crippen LogP contribution in [0.4, 0.5) is 0 Å². The molecule has 0 bridgehead atoms. The maximum atomic E-state index is 4.10. The van der Waals surface area contributed by atoms with Gasteiger partial charge >= 0.3 is 0 Å². The highest BCUT2D eigenvalue weighted by Gasteiger charge is 1.99. The van der Waals surface area contributed by atoms with Crippen LogP contribution < -0.4 is 0 Å². The lowest BCUT2D eigenvalue weighted by Crippen LogP contribution is -1.84. The summed E-state index contributed by atoms with van der Waals surface area (Å²) in [6, 6.07) is 20.5. The lowest BCUT2D eigenvalue weighted by molar-refractivity contribution is 1.11. The molecule has 0 heterocycles. The van der Waals surface area contributed by atoms with E-state index in [9.17, 15) is 0 Å². The minimum atomic E-state index is 1.08. The molecule has 0 amide bonds. The molecule has 0 fully saturated rings. The minimum Gasteiger partial charge on any atom is -0.100 e. The van der Waals surface area contributed by atoms with Gasteiger partial charge in [0, 0.05) is 0 Å².